The maximum Gasteiger partial charge on any atom is 0.140 e. The summed E-state index contributed by atoms with van der Waals surface area (Å²) in [6, 6.07) is 1.87. The van der Waals surface area contributed by atoms with E-state index in [2.05, 4.69) is 44.5 Å². The second kappa shape index (κ2) is 9.41. The summed E-state index contributed by atoms with van der Waals surface area (Å²) in [6.45, 7) is 12.0. The van der Waals surface area contributed by atoms with E-state index in [-0.39, 0.29) is 6.04 Å². The fourth-order valence-electron chi connectivity index (χ4n) is 1.41. The van der Waals surface area contributed by atoms with Crippen LogP contribution in [0.1, 0.15) is 47.0 Å². The van der Waals surface area contributed by atoms with Gasteiger partial charge in [-0.1, -0.05) is 22.8 Å². The Morgan fingerprint density at radius 1 is 1.33 bits per heavy atom. The smallest absolute Gasteiger partial charge is 0.140 e. The van der Waals surface area contributed by atoms with Crippen LogP contribution in [0.4, 0.5) is 0 Å². The van der Waals surface area contributed by atoms with Crippen molar-refractivity contribution in [2.24, 2.45) is 4.99 Å². The lowest BCUT2D eigenvalue weighted by atomic mass is 10.1. The molecule has 0 spiro atoms. The van der Waals surface area contributed by atoms with Crippen LogP contribution >= 0.6 is 0 Å². The first kappa shape index (κ1) is 16.4. The van der Waals surface area contributed by atoms with Gasteiger partial charge in [-0.3, -0.25) is 4.99 Å². The van der Waals surface area contributed by atoms with Crippen molar-refractivity contribution in [3.05, 3.63) is 35.5 Å². The van der Waals surface area contributed by atoms with Gasteiger partial charge in [0.05, 0.1) is 6.07 Å². The molecule has 98 valence electrons. The quantitative estimate of drug-likeness (QED) is 0.476. The highest BCUT2D eigenvalue weighted by Gasteiger charge is 2.02. The Balaban J connectivity index is 4.22. The summed E-state index contributed by atoms with van der Waals surface area (Å²) in [5.41, 5.74) is 3.62. The van der Waals surface area contributed by atoms with Gasteiger partial charge in [0.1, 0.15) is 6.04 Å². The first-order valence-electron chi connectivity index (χ1n) is 6.32. The van der Waals surface area contributed by atoms with E-state index < -0.39 is 0 Å². The van der Waals surface area contributed by atoms with Crippen LogP contribution < -0.4 is 0 Å². The number of allylic oxidation sites excluding steroid dienone is 4. The Hall–Kier alpha value is -1.62. The normalized spacial score (nSPS) is 13.2. The van der Waals surface area contributed by atoms with Gasteiger partial charge in [0, 0.05) is 12.6 Å². The Bertz CT molecular complexity index is 388. The summed E-state index contributed by atoms with van der Waals surface area (Å²) >= 11 is 0. The van der Waals surface area contributed by atoms with Crippen LogP contribution in [0.3, 0.4) is 0 Å². The first-order valence-corrected chi connectivity index (χ1v) is 6.32. The van der Waals surface area contributed by atoms with Crippen molar-refractivity contribution < 1.29 is 0 Å². The van der Waals surface area contributed by atoms with Gasteiger partial charge in [-0.15, -0.1) is 6.58 Å². The lowest BCUT2D eigenvalue weighted by Crippen LogP contribution is -2.00. The minimum atomic E-state index is -0.302. The zero-order valence-electron chi connectivity index (χ0n) is 12.0. The molecule has 0 aliphatic rings. The summed E-state index contributed by atoms with van der Waals surface area (Å²) in [6.07, 6.45) is 8.70. The van der Waals surface area contributed by atoms with E-state index in [1.807, 2.05) is 13.0 Å². The lowest BCUT2D eigenvalue weighted by molar-refractivity contribution is 0.821. The van der Waals surface area contributed by atoms with Crippen LogP contribution in [-0.2, 0) is 0 Å². The highest BCUT2D eigenvalue weighted by Crippen LogP contribution is 2.07. The Kier molecular flexibility index (Phi) is 8.57. The van der Waals surface area contributed by atoms with Crippen LogP contribution in [-0.4, -0.2) is 12.3 Å². The molecular formula is C16H24N2. The third-order valence-corrected chi connectivity index (χ3v) is 2.41. The van der Waals surface area contributed by atoms with Crippen molar-refractivity contribution in [2.45, 2.75) is 53.0 Å². The van der Waals surface area contributed by atoms with Gasteiger partial charge in [-0.05, 0) is 46.6 Å². The average molecular weight is 244 g/mol. The van der Waals surface area contributed by atoms with Crippen molar-refractivity contribution in [1.29, 1.82) is 5.26 Å². The molecule has 2 heteroatoms. The number of hydrogen-bond donors (Lipinski definition) is 0. The highest BCUT2D eigenvalue weighted by atomic mass is 14.8. The Labute approximate surface area is 111 Å². The van der Waals surface area contributed by atoms with E-state index >= 15 is 0 Å². The Morgan fingerprint density at radius 2 is 2.00 bits per heavy atom. The van der Waals surface area contributed by atoms with Gasteiger partial charge >= 0.3 is 0 Å². The zero-order valence-corrected chi connectivity index (χ0v) is 12.0. The number of rotatable bonds is 7. The number of aliphatic imine (C=N–C) groups is 1. The van der Waals surface area contributed by atoms with Crippen LogP contribution in [0.25, 0.3) is 0 Å². The lowest BCUT2D eigenvalue weighted by Gasteiger charge is -2.01. The molecule has 0 aromatic carbocycles. The van der Waals surface area contributed by atoms with Crippen molar-refractivity contribution >= 4 is 6.21 Å². The largest absolute Gasteiger partial charge is 0.274 e. The molecule has 0 fully saturated rings. The molecule has 1 atom stereocenters. The van der Waals surface area contributed by atoms with Crippen molar-refractivity contribution in [1.82, 2.24) is 0 Å². The van der Waals surface area contributed by atoms with E-state index in [0.29, 0.717) is 6.42 Å². The minimum absolute atomic E-state index is 0.302. The molecule has 0 radical (unpaired) electrons. The molecule has 0 aliphatic heterocycles. The molecule has 2 nitrogen and oxygen atoms in total. The average Bonchev–Trinajstić information content (AvgIpc) is 2.26. The van der Waals surface area contributed by atoms with E-state index in [4.69, 9.17) is 5.26 Å². The molecule has 0 rings (SSSR count). The van der Waals surface area contributed by atoms with Crippen molar-refractivity contribution in [3.63, 3.8) is 0 Å². The second-order valence-corrected chi connectivity index (χ2v) is 4.94. The summed E-state index contributed by atoms with van der Waals surface area (Å²) in [7, 11) is 0. The van der Waals surface area contributed by atoms with Gasteiger partial charge in [0.15, 0.2) is 0 Å². The van der Waals surface area contributed by atoms with Crippen molar-refractivity contribution in [2.75, 3.05) is 0 Å². The van der Waals surface area contributed by atoms with Gasteiger partial charge in [-0.25, -0.2) is 0 Å². The highest BCUT2D eigenvalue weighted by molar-refractivity contribution is 5.72. The predicted octanol–water partition coefficient (Wildman–Crippen LogP) is 4.61. The standard InChI is InChI=1S/C16H24N2/c1-13(2)7-6-8-15(5)9-10-18-16(12-17)11-14(3)4/h7,9-10,16H,3,6,8,11H2,1-2,4-5H3/b15-9+,18-10?. The maximum absolute atomic E-state index is 8.91. The molecule has 0 saturated carbocycles. The molecule has 18 heavy (non-hydrogen) atoms. The molecule has 0 aliphatic carbocycles. The fourth-order valence-corrected chi connectivity index (χ4v) is 1.41. The van der Waals surface area contributed by atoms with Crippen molar-refractivity contribution in [3.8, 4) is 6.07 Å². The van der Waals surface area contributed by atoms with Crippen LogP contribution in [0.15, 0.2) is 40.4 Å². The van der Waals surface area contributed by atoms with Gasteiger partial charge in [0.2, 0.25) is 0 Å². The SMILES string of the molecule is C=C(C)CC(C#N)N=C/C=C(\C)CCC=C(C)C. The molecule has 0 amide bonds. The van der Waals surface area contributed by atoms with E-state index in [0.717, 1.165) is 18.4 Å². The van der Waals surface area contributed by atoms with Gasteiger partial charge < -0.3 is 0 Å². The number of nitrogens with zero attached hydrogens (tertiary/aromatic N) is 2. The molecule has 0 aromatic rings. The molecule has 0 aromatic heterocycles. The molecular weight excluding hydrogens is 220 g/mol. The van der Waals surface area contributed by atoms with E-state index in [9.17, 15) is 0 Å². The summed E-state index contributed by atoms with van der Waals surface area (Å²) in [5, 5.41) is 8.91. The topological polar surface area (TPSA) is 36.1 Å². The molecule has 1 unspecified atom stereocenters. The first-order chi connectivity index (χ1) is 8.45. The van der Waals surface area contributed by atoms with Crippen LogP contribution in [0.2, 0.25) is 0 Å². The van der Waals surface area contributed by atoms with E-state index in [1.165, 1.54) is 11.1 Å². The summed E-state index contributed by atoms with van der Waals surface area (Å²) in [4.78, 5) is 4.23. The Morgan fingerprint density at radius 3 is 2.50 bits per heavy atom. The number of hydrogen-bond acceptors (Lipinski definition) is 2. The maximum atomic E-state index is 8.91. The van der Waals surface area contributed by atoms with E-state index in [1.54, 1.807) is 6.21 Å². The molecule has 0 N–H and O–H groups in total. The fraction of sp³-hybridized carbons (Fsp3) is 0.500. The predicted molar refractivity (Wildman–Crippen MR) is 79.7 cm³/mol. The van der Waals surface area contributed by atoms with Gasteiger partial charge in [-0.2, -0.15) is 5.26 Å². The second-order valence-electron chi connectivity index (χ2n) is 4.94. The third-order valence-electron chi connectivity index (χ3n) is 2.41. The summed E-state index contributed by atoms with van der Waals surface area (Å²) in [5.74, 6) is 0. The number of nitriles is 1. The van der Waals surface area contributed by atoms with Crippen LogP contribution in [0, 0.1) is 11.3 Å². The zero-order chi connectivity index (χ0) is 14.0. The molecule has 0 heterocycles. The monoisotopic (exact) mass is 244 g/mol. The van der Waals surface area contributed by atoms with Crippen LogP contribution in [0.5, 0.6) is 0 Å². The third kappa shape index (κ3) is 9.59. The molecule has 0 saturated heterocycles. The summed E-state index contributed by atoms with van der Waals surface area (Å²) < 4.78 is 0. The molecule has 0 bridgehead atoms. The van der Waals surface area contributed by atoms with Gasteiger partial charge in [0.25, 0.3) is 0 Å². The minimum Gasteiger partial charge on any atom is -0.274 e.